The Bertz CT molecular complexity index is 345. The lowest BCUT2D eigenvalue weighted by Crippen LogP contribution is -2.46. The minimum absolute atomic E-state index is 0.0464. The zero-order valence-corrected chi connectivity index (χ0v) is 12.9. The van der Waals surface area contributed by atoms with E-state index in [1.165, 1.54) is 0 Å². The van der Waals surface area contributed by atoms with Crippen LogP contribution in [-0.2, 0) is 19.0 Å². The van der Waals surface area contributed by atoms with Crippen LogP contribution >= 0.6 is 0 Å². The first-order chi connectivity index (χ1) is 8.68. The van der Waals surface area contributed by atoms with Crippen molar-refractivity contribution >= 4 is 5.97 Å². The summed E-state index contributed by atoms with van der Waals surface area (Å²) in [6.07, 6.45) is 1.41. The van der Waals surface area contributed by atoms with Gasteiger partial charge < -0.3 is 14.2 Å². The van der Waals surface area contributed by atoms with Gasteiger partial charge in [-0.1, -0.05) is 33.8 Å². The number of hydrogen-bond donors (Lipinski definition) is 0. The molecule has 1 aliphatic heterocycles. The molecule has 1 fully saturated rings. The van der Waals surface area contributed by atoms with Crippen molar-refractivity contribution in [1.29, 1.82) is 0 Å². The number of carbonyl (C=O) groups is 1. The Hall–Kier alpha value is -0.870. The third-order valence-electron chi connectivity index (χ3n) is 3.22. The van der Waals surface area contributed by atoms with Crippen molar-refractivity contribution in [1.82, 2.24) is 0 Å². The van der Waals surface area contributed by atoms with Gasteiger partial charge in [-0.15, -0.1) is 0 Å². The third kappa shape index (κ3) is 4.62. The molecular weight excluding hydrogens is 244 g/mol. The Balaban J connectivity index is 2.50. The van der Waals surface area contributed by atoms with Crippen molar-refractivity contribution in [2.45, 2.75) is 47.8 Å². The van der Waals surface area contributed by atoms with Crippen LogP contribution in [0.4, 0.5) is 0 Å². The number of rotatable bonds is 4. The Labute approximate surface area is 116 Å². The van der Waals surface area contributed by atoms with E-state index in [9.17, 15) is 4.79 Å². The highest BCUT2D eigenvalue weighted by Crippen LogP contribution is 2.32. The van der Waals surface area contributed by atoms with Crippen molar-refractivity contribution < 1.29 is 19.0 Å². The molecule has 19 heavy (non-hydrogen) atoms. The molecule has 0 radical (unpaired) electrons. The lowest BCUT2D eigenvalue weighted by Gasteiger charge is -2.41. The summed E-state index contributed by atoms with van der Waals surface area (Å²) >= 11 is 0. The normalized spacial score (nSPS) is 21.3. The molecule has 0 amide bonds. The molecule has 0 spiro atoms. The van der Waals surface area contributed by atoms with E-state index < -0.39 is 0 Å². The van der Waals surface area contributed by atoms with Crippen LogP contribution in [0.25, 0.3) is 0 Å². The molecule has 110 valence electrons. The molecule has 0 N–H and O–H groups in total. The Morgan fingerprint density at radius 1 is 1.37 bits per heavy atom. The van der Waals surface area contributed by atoms with Gasteiger partial charge in [0.25, 0.3) is 0 Å². The van der Waals surface area contributed by atoms with Gasteiger partial charge in [-0.2, -0.15) is 0 Å². The van der Waals surface area contributed by atoms with Crippen molar-refractivity contribution in [2.75, 3.05) is 19.8 Å². The predicted molar refractivity (Wildman–Crippen MR) is 73.6 cm³/mol. The summed E-state index contributed by atoms with van der Waals surface area (Å²) in [6, 6.07) is 0. The van der Waals surface area contributed by atoms with Gasteiger partial charge in [-0.25, -0.2) is 4.79 Å². The molecule has 0 unspecified atom stereocenters. The van der Waals surface area contributed by atoms with Gasteiger partial charge in [0.05, 0.1) is 13.2 Å². The van der Waals surface area contributed by atoms with E-state index in [0.29, 0.717) is 18.8 Å². The van der Waals surface area contributed by atoms with Crippen LogP contribution in [0, 0.1) is 10.8 Å². The summed E-state index contributed by atoms with van der Waals surface area (Å²) in [5.74, 6) is -0.285. The van der Waals surface area contributed by atoms with Gasteiger partial charge in [-0.3, -0.25) is 0 Å². The number of carbonyl (C=O) groups excluding carboxylic acids is 1. The van der Waals surface area contributed by atoms with Crippen LogP contribution in [0.5, 0.6) is 0 Å². The first kappa shape index (κ1) is 16.2. The molecule has 0 saturated carbocycles. The summed E-state index contributed by atoms with van der Waals surface area (Å²) in [5, 5.41) is 0. The first-order valence-corrected chi connectivity index (χ1v) is 6.71. The monoisotopic (exact) mass is 270 g/mol. The Morgan fingerprint density at radius 3 is 2.37 bits per heavy atom. The molecule has 0 atom stereocenters. The van der Waals surface area contributed by atoms with Crippen LogP contribution in [0.2, 0.25) is 0 Å². The minimum Gasteiger partial charge on any atom is -0.462 e. The summed E-state index contributed by atoms with van der Waals surface area (Å²) < 4.78 is 16.8. The predicted octanol–water partition coefficient (Wildman–Crippen LogP) is 2.92. The maximum atomic E-state index is 11.6. The molecule has 4 nitrogen and oxygen atoms in total. The van der Waals surface area contributed by atoms with Crippen LogP contribution in [-0.4, -0.2) is 32.1 Å². The van der Waals surface area contributed by atoms with Crippen LogP contribution < -0.4 is 0 Å². The van der Waals surface area contributed by atoms with Gasteiger partial charge in [0.1, 0.15) is 6.61 Å². The largest absolute Gasteiger partial charge is 0.462 e. The average Bonchev–Trinajstić information content (AvgIpc) is 2.34. The lowest BCUT2D eigenvalue weighted by atomic mass is 9.90. The third-order valence-corrected chi connectivity index (χ3v) is 3.22. The molecule has 0 aromatic carbocycles. The average molecular weight is 270 g/mol. The molecule has 0 bridgehead atoms. The number of esters is 1. The zero-order chi connectivity index (χ0) is 14.7. The van der Waals surface area contributed by atoms with Crippen LogP contribution in [0.1, 0.15) is 41.5 Å². The molecular formula is C15H26O4. The zero-order valence-electron chi connectivity index (χ0n) is 12.9. The van der Waals surface area contributed by atoms with Crippen molar-refractivity contribution in [3.8, 4) is 0 Å². The van der Waals surface area contributed by atoms with Crippen LogP contribution in [0.15, 0.2) is 11.6 Å². The fourth-order valence-corrected chi connectivity index (χ4v) is 1.69. The van der Waals surface area contributed by atoms with Gasteiger partial charge >= 0.3 is 5.97 Å². The van der Waals surface area contributed by atoms with Gasteiger partial charge in [0.15, 0.2) is 6.29 Å². The fraction of sp³-hybridized carbons (Fsp3) is 0.800. The van der Waals surface area contributed by atoms with Crippen molar-refractivity contribution in [3.63, 3.8) is 0 Å². The summed E-state index contributed by atoms with van der Waals surface area (Å²) in [7, 11) is 0. The van der Waals surface area contributed by atoms with Gasteiger partial charge in [0.2, 0.25) is 0 Å². The quantitative estimate of drug-likeness (QED) is 0.582. The first-order valence-electron chi connectivity index (χ1n) is 6.71. The second-order valence-electron chi connectivity index (χ2n) is 6.65. The maximum Gasteiger partial charge on any atom is 0.333 e. The molecule has 1 heterocycles. The van der Waals surface area contributed by atoms with Crippen molar-refractivity contribution in [3.05, 3.63) is 11.6 Å². The summed E-state index contributed by atoms with van der Waals surface area (Å²) in [4.78, 5) is 11.6. The van der Waals surface area contributed by atoms with Crippen molar-refractivity contribution in [2.24, 2.45) is 10.8 Å². The van der Waals surface area contributed by atoms with Gasteiger partial charge in [0, 0.05) is 16.4 Å². The summed E-state index contributed by atoms with van der Waals surface area (Å²) in [5.41, 5.74) is 0.299. The molecule has 1 saturated heterocycles. The van der Waals surface area contributed by atoms with E-state index in [0.717, 1.165) is 0 Å². The maximum absolute atomic E-state index is 11.6. The SMILES string of the molecule is C/C=C(/C)C(=O)OCC(C)(C)C1OCC(C)(C)CO1. The number of allylic oxidation sites excluding steroid dienone is 1. The van der Waals surface area contributed by atoms with E-state index >= 15 is 0 Å². The summed E-state index contributed by atoms with van der Waals surface area (Å²) in [6.45, 7) is 13.3. The lowest BCUT2D eigenvalue weighted by molar-refractivity contribution is -0.268. The van der Waals surface area contributed by atoms with Gasteiger partial charge in [-0.05, 0) is 13.8 Å². The smallest absolute Gasteiger partial charge is 0.333 e. The number of ether oxygens (including phenoxy) is 3. The molecule has 0 aromatic heterocycles. The highest BCUT2D eigenvalue weighted by molar-refractivity contribution is 5.87. The second-order valence-corrected chi connectivity index (χ2v) is 6.65. The highest BCUT2D eigenvalue weighted by atomic mass is 16.7. The van der Waals surface area contributed by atoms with E-state index in [1.54, 1.807) is 13.0 Å². The van der Waals surface area contributed by atoms with E-state index in [4.69, 9.17) is 14.2 Å². The fourth-order valence-electron chi connectivity index (χ4n) is 1.69. The topological polar surface area (TPSA) is 44.8 Å². The van der Waals surface area contributed by atoms with E-state index in [1.807, 2.05) is 20.8 Å². The number of hydrogen-bond acceptors (Lipinski definition) is 4. The standard InChI is InChI=1S/C15H26O4/c1-7-11(2)12(16)17-10-15(5,6)13-18-8-14(3,4)9-19-13/h7,13H,8-10H2,1-6H3/b11-7-. The minimum atomic E-state index is -0.361. The van der Waals surface area contributed by atoms with E-state index in [-0.39, 0.29) is 29.7 Å². The van der Waals surface area contributed by atoms with E-state index in [2.05, 4.69) is 13.8 Å². The Morgan fingerprint density at radius 2 is 1.89 bits per heavy atom. The highest BCUT2D eigenvalue weighted by Gasteiger charge is 2.38. The molecule has 4 heteroatoms. The molecule has 0 aromatic rings. The molecule has 1 rings (SSSR count). The molecule has 1 aliphatic rings. The Kier molecular flexibility index (Phi) is 5.16. The molecule has 0 aliphatic carbocycles. The van der Waals surface area contributed by atoms with Crippen LogP contribution in [0.3, 0.4) is 0 Å². The second kappa shape index (κ2) is 6.06.